The Morgan fingerprint density at radius 3 is 2.40 bits per heavy atom. The summed E-state index contributed by atoms with van der Waals surface area (Å²) >= 11 is 0. The average molecular weight is 397 g/mol. The molecule has 1 aromatic heterocycles. The lowest BCUT2D eigenvalue weighted by atomic mass is 9.96. The van der Waals surface area contributed by atoms with E-state index in [4.69, 9.17) is 0 Å². The zero-order valence-corrected chi connectivity index (χ0v) is 16.9. The van der Waals surface area contributed by atoms with Crippen LogP contribution in [0.1, 0.15) is 34.5 Å². The number of fused-ring (bicyclic) bond motifs is 1. The molecule has 150 valence electrons. The molecule has 0 aliphatic rings. The van der Waals surface area contributed by atoms with Crippen molar-refractivity contribution in [2.24, 2.45) is 0 Å². The standard InChI is InChI=1S/C25H23N3O2/c1-16-14-19(12-13-22(16)27-17(2)29)28-24(18-8-4-3-5-9-18)25(30)21-15-26-23-11-7-6-10-20(21)23/h3-15,24,26,28H,1-2H3,(H,27,29). The first kappa shape index (κ1) is 19.5. The van der Waals surface area contributed by atoms with Crippen LogP contribution in [-0.2, 0) is 4.79 Å². The maximum Gasteiger partial charge on any atom is 0.221 e. The SMILES string of the molecule is CC(=O)Nc1ccc(NC(C(=O)c2c[nH]c3ccccc23)c2ccccc2)cc1C. The fourth-order valence-corrected chi connectivity index (χ4v) is 3.63. The van der Waals surface area contributed by atoms with E-state index < -0.39 is 6.04 Å². The zero-order chi connectivity index (χ0) is 21.1. The predicted octanol–water partition coefficient (Wildman–Crippen LogP) is 5.47. The summed E-state index contributed by atoms with van der Waals surface area (Å²) in [6.45, 7) is 3.41. The lowest BCUT2D eigenvalue weighted by molar-refractivity contribution is -0.114. The molecule has 3 N–H and O–H groups in total. The number of hydrogen-bond donors (Lipinski definition) is 3. The molecule has 0 fully saturated rings. The summed E-state index contributed by atoms with van der Waals surface area (Å²) in [6, 6.07) is 22.6. The highest BCUT2D eigenvalue weighted by atomic mass is 16.1. The number of aromatic nitrogens is 1. The van der Waals surface area contributed by atoms with Crippen LogP contribution in [0.5, 0.6) is 0 Å². The van der Waals surface area contributed by atoms with E-state index in [-0.39, 0.29) is 11.7 Å². The van der Waals surface area contributed by atoms with Crippen LogP contribution < -0.4 is 10.6 Å². The summed E-state index contributed by atoms with van der Waals surface area (Å²) in [5.74, 6) is -0.127. The topological polar surface area (TPSA) is 74.0 Å². The fraction of sp³-hybridized carbons (Fsp3) is 0.120. The van der Waals surface area contributed by atoms with Gasteiger partial charge in [-0.2, -0.15) is 0 Å². The largest absolute Gasteiger partial charge is 0.371 e. The third kappa shape index (κ3) is 3.96. The van der Waals surface area contributed by atoms with Crippen LogP contribution in [0.3, 0.4) is 0 Å². The Morgan fingerprint density at radius 2 is 1.67 bits per heavy atom. The molecule has 0 radical (unpaired) electrons. The van der Waals surface area contributed by atoms with E-state index in [1.165, 1.54) is 6.92 Å². The predicted molar refractivity (Wildman–Crippen MR) is 121 cm³/mol. The minimum atomic E-state index is -0.545. The molecule has 4 aromatic rings. The van der Waals surface area contributed by atoms with Gasteiger partial charge in [0.25, 0.3) is 0 Å². The molecule has 0 saturated carbocycles. The van der Waals surface area contributed by atoms with E-state index in [9.17, 15) is 9.59 Å². The summed E-state index contributed by atoms with van der Waals surface area (Å²) in [5.41, 5.74) is 4.95. The third-order valence-corrected chi connectivity index (χ3v) is 5.10. The van der Waals surface area contributed by atoms with Gasteiger partial charge in [-0.05, 0) is 42.3 Å². The van der Waals surface area contributed by atoms with Gasteiger partial charge >= 0.3 is 0 Å². The number of carbonyl (C=O) groups is 2. The number of nitrogens with one attached hydrogen (secondary N) is 3. The molecular formula is C25H23N3O2. The normalized spacial score (nSPS) is 11.8. The van der Waals surface area contributed by atoms with Gasteiger partial charge in [-0.15, -0.1) is 0 Å². The summed E-state index contributed by atoms with van der Waals surface area (Å²) < 4.78 is 0. The second kappa shape index (κ2) is 8.25. The number of carbonyl (C=O) groups excluding carboxylic acids is 2. The maximum atomic E-state index is 13.6. The van der Waals surface area contributed by atoms with Crippen molar-refractivity contribution in [2.75, 3.05) is 10.6 Å². The van der Waals surface area contributed by atoms with Gasteiger partial charge in [0.05, 0.1) is 0 Å². The van der Waals surface area contributed by atoms with Crippen molar-refractivity contribution in [2.45, 2.75) is 19.9 Å². The summed E-state index contributed by atoms with van der Waals surface area (Å²) in [4.78, 5) is 28.1. The quantitative estimate of drug-likeness (QED) is 0.378. The monoisotopic (exact) mass is 397 g/mol. The number of Topliss-reactive ketones (excluding diaryl/α,β-unsaturated/α-hetero) is 1. The van der Waals surface area contributed by atoms with Crippen LogP contribution >= 0.6 is 0 Å². The molecule has 0 bridgehead atoms. The Bertz CT molecular complexity index is 1210. The van der Waals surface area contributed by atoms with Crippen molar-refractivity contribution >= 4 is 34.0 Å². The Labute approximate surface area is 175 Å². The van der Waals surface area contributed by atoms with Crippen LogP contribution in [0.2, 0.25) is 0 Å². The highest BCUT2D eigenvalue weighted by Gasteiger charge is 2.24. The smallest absolute Gasteiger partial charge is 0.221 e. The van der Waals surface area contributed by atoms with Gasteiger partial charge in [-0.1, -0.05) is 48.5 Å². The minimum absolute atomic E-state index is 0.0118. The van der Waals surface area contributed by atoms with Crippen LogP contribution in [0.15, 0.2) is 79.0 Å². The zero-order valence-electron chi connectivity index (χ0n) is 16.9. The third-order valence-electron chi connectivity index (χ3n) is 5.10. The average Bonchev–Trinajstić information content (AvgIpc) is 3.18. The number of hydrogen-bond acceptors (Lipinski definition) is 3. The molecule has 1 heterocycles. The molecule has 1 unspecified atom stereocenters. The number of anilines is 2. The summed E-state index contributed by atoms with van der Waals surface area (Å²) in [6.07, 6.45) is 1.77. The summed E-state index contributed by atoms with van der Waals surface area (Å²) in [7, 11) is 0. The Hall–Kier alpha value is -3.86. The molecule has 0 aliphatic carbocycles. The van der Waals surface area contributed by atoms with E-state index >= 15 is 0 Å². The number of aryl methyl sites for hydroxylation is 1. The number of amides is 1. The Morgan fingerprint density at radius 1 is 0.933 bits per heavy atom. The van der Waals surface area contributed by atoms with Gasteiger partial charge in [-0.25, -0.2) is 0 Å². The van der Waals surface area contributed by atoms with Crippen molar-refractivity contribution in [3.63, 3.8) is 0 Å². The molecule has 3 aromatic carbocycles. The minimum Gasteiger partial charge on any atom is -0.371 e. The van der Waals surface area contributed by atoms with Crippen molar-refractivity contribution < 1.29 is 9.59 Å². The number of H-pyrrole nitrogens is 1. The first-order valence-corrected chi connectivity index (χ1v) is 9.83. The molecule has 0 spiro atoms. The molecule has 4 rings (SSSR count). The molecule has 5 heteroatoms. The molecular weight excluding hydrogens is 374 g/mol. The molecule has 0 saturated heterocycles. The van der Waals surface area contributed by atoms with Gasteiger partial charge in [-0.3, -0.25) is 9.59 Å². The van der Waals surface area contributed by atoms with Crippen LogP contribution in [0.25, 0.3) is 10.9 Å². The van der Waals surface area contributed by atoms with Crippen LogP contribution in [0, 0.1) is 6.92 Å². The van der Waals surface area contributed by atoms with E-state index in [0.29, 0.717) is 5.56 Å². The second-order valence-corrected chi connectivity index (χ2v) is 7.31. The lowest BCUT2D eigenvalue weighted by Gasteiger charge is -2.20. The highest BCUT2D eigenvalue weighted by Crippen LogP contribution is 2.29. The van der Waals surface area contributed by atoms with Crippen LogP contribution in [0.4, 0.5) is 11.4 Å². The number of rotatable bonds is 6. The number of aromatic amines is 1. The number of benzene rings is 3. The first-order valence-electron chi connectivity index (χ1n) is 9.83. The molecule has 1 amide bonds. The Kier molecular flexibility index (Phi) is 5.35. The maximum absolute atomic E-state index is 13.6. The fourth-order valence-electron chi connectivity index (χ4n) is 3.63. The van der Waals surface area contributed by atoms with Crippen molar-refractivity contribution in [1.29, 1.82) is 0 Å². The van der Waals surface area contributed by atoms with Gasteiger partial charge in [0.1, 0.15) is 6.04 Å². The number of ketones is 1. The van der Waals surface area contributed by atoms with Crippen molar-refractivity contribution in [3.05, 3.63) is 95.7 Å². The second-order valence-electron chi connectivity index (χ2n) is 7.31. The Balaban J connectivity index is 1.70. The molecule has 30 heavy (non-hydrogen) atoms. The van der Waals surface area contributed by atoms with Gasteiger partial charge in [0.15, 0.2) is 5.78 Å². The van der Waals surface area contributed by atoms with E-state index in [1.807, 2.05) is 79.7 Å². The van der Waals surface area contributed by atoms with E-state index in [1.54, 1.807) is 6.20 Å². The highest BCUT2D eigenvalue weighted by molar-refractivity contribution is 6.11. The van der Waals surface area contributed by atoms with Crippen molar-refractivity contribution in [1.82, 2.24) is 4.98 Å². The van der Waals surface area contributed by atoms with E-state index in [0.717, 1.165) is 33.4 Å². The molecule has 1 atom stereocenters. The van der Waals surface area contributed by atoms with Gasteiger partial charge in [0, 0.05) is 41.0 Å². The molecule has 0 aliphatic heterocycles. The summed E-state index contributed by atoms with van der Waals surface area (Å²) in [5, 5.41) is 7.11. The first-order chi connectivity index (χ1) is 14.5. The van der Waals surface area contributed by atoms with Crippen molar-refractivity contribution in [3.8, 4) is 0 Å². The van der Waals surface area contributed by atoms with Gasteiger partial charge in [0.2, 0.25) is 5.91 Å². The lowest BCUT2D eigenvalue weighted by Crippen LogP contribution is -2.21. The van der Waals surface area contributed by atoms with Crippen LogP contribution in [-0.4, -0.2) is 16.7 Å². The van der Waals surface area contributed by atoms with E-state index in [2.05, 4.69) is 15.6 Å². The van der Waals surface area contributed by atoms with Gasteiger partial charge < -0.3 is 15.6 Å². The molecule has 5 nitrogen and oxygen atoms in total. The number of para-hydroxylation sites is 1.